The largest absolute Gasteiger partial charge is 0.508 e. The Hall–Kier alpha value is -0.455. The highest BCUT2D eigenvalue weighted by atomic mass is 32.1. The van der Waals surface area contributed by atoms with Crippen LogP contribution < -0.4 is 4.78 Å². The average Bonchev–Trinajstić information content (AvgIpc) is 2.93. The van der Waals surface area contributed by atoms with Gasteiger partial charge in [-0.2, -0.15) is 0 Å². The summed E-state index contributed by atoms with van der Waals surface area (Å²) in [5.41, 5.74) is -1.10. The first-order chi connectivity index (χ1) is 11.2. The summed E-state index contributed by atoms with van der Waals surface area (Å²) in [5.74, 6) is -0.615. The van der Waals surface area contributed by atoms with Crippen LogP contribution in [0.15, 0.2) is 0 Å². The van der Waals surface area contributed by atoms with Crippen LogP contribution in [0.1, 0.15) is 77.5 Å². The van der Waals surface area contributed by atoms with Crippen LogP contribution in [0.4, 0.5) is 8.78 Å². The molecule has 0 aromatic carbocycles. The Morgan fingerprint density at radius 3 is 2.04 bits per heavy atom. The van der Waals surface area contributed by atoms with Crippen LogP contribution in [-0.2, 0) is 9.31 Å². The number of rotatable bonds is 3. The predicted octanol–water partition coefficient (Wildman–Crippen LogP) is 5.01. The van der Waals surface area contributed by atoms with Crippen molar-refractivity contribution in [3.05, 3.63) is 16.5 Å². The lowest BCUT2D eigenvalue weighted by molar-refractivity contribution is 0.00578. The molecule has 1 aromatic rings. The summed E-state index contributed by atoms with van der Waals surface area (Å²) in [5, 5.41) is 0. The zero-order valence-corrected chi connectivity index (χ0v) is 16.1. The molecule has 24 heavy (non-hydrogen) atoms. The van der Waals surface area contributed by atoms with Gasteiger partial charge < -0.3 is 9.31 Å². The molecule has 2 heterocycles. The highest BCUT2D eigenvalue weighted by molar-refractivity contribution is 7.22. The van der Waals surface area contributed by atoms with E-state index in [2.05, 4.69) is 6.92 Å². The first-order valence-electron chi connectivity index (χ1n) is 8.99. The maximum atomic E-state index is 14.6. The lowest BCUT2D eigenvalue weighted by Crippen LogP contribution is -2.41. The summed E-state index contributed by atoms with van der Waals surface area (Å²) in [6, 6.07) is 0. The van der Waals surface area contributed by atoms with Crippen molar-refractivity contribution in [1.82, 2.24) is 0 Å². The quantitative estimate of drug-likeness (QED) is 0.709. The van der Waals surface area contributed by atoms with Crippen molar-refractivity contribution in [3.8, 4) is 0 Å². The van der Waals surface area contributed by atoms with E-state index in [1.165, 1.54) is 17.8 Å². The van der Waals surface area contributed by atoms with Gasteiger partial charge in [0.05, 0.1) is 16.0 Å². The van der Waals surface area contributed by atoms with Crippen LogP contribution in [0.25, 0.3) is 0 Å². The summed E-state index contributed by atoms with van der Waals surface area (Å²) < 4.78 is 41.2. The molecule has 2 nitrogen and oxygen atoms in total. The van der Waals surface area contributed by atoms with Gasteiger partial charge in [0.2, 0.25) is 0 Å². The first kappa shape index (κ1) is 18.3. The minimum Gasteiger partial charge on any atom is -0.399 e. The monoisotopic (exact) mass is 356 g/mol. The van der Waals surface area contributed by atoms with Crippen LogP contribution in [0, 0.1) is 17.6 Å². The smallest absolute Gasteiger partial charge is 0.399 e. The van der Waals surface area contributed by atoms with Crippen LogP contribution in [-0.4, -0.2) is 18.3 Å². The van der Waals surface area contributed by atoms with Crippen molar-refractivity contribution in [3.63, 3.8) is 0 Å². The third-order valence-electron chi connectivity index (χ3n) is 6.11. The van der Waals surface area contributed by atoms with E-state index in [1.54, 1.807) is 0 Å². The van der Waals surface area contributed by atoms with E-state index in [9.17, 15) is 8.78 Å². The van der Waals surface area contributed by atoms with E-state index < -0.39 is 30.0 Å². The second kappa shape index (κ2) is 6.37. The Morgan fingerprint density at radius 1 is 1.00 bits per heavy atom. The fourth-order valence-electron chi connectivity index (χ4n) is 3.62. The molecule has 0 spiro atoms. The standard InChI is InChI=1S/C18H27BF2O2S/c1-6-11-7-9-12(10-8-11)15-13(20)14(21)16(24-15)19-22-17(2,3)18(4,5)23-19/h11-12H,6-10H2,1-5H3. The van der Waals surface area contributed by atoms with Gasteiger partial charge in [-0.15, -0.1) is 11.3 Å². The van der Waals surface area contributed by atoms with Crippen LogP contribution >= 0.6 is 11.3 Å². The molecule has 2 fully saturated rings. The topological polar surface area (TPSA) is 18.5 Å². The second-order valence-corrected chi connectivity index (χ2v) is 9.26. The highest BCUT2D eigenvalue weighted by Gasteiger charge is 2.53. The molecular formula is C18H27BF2O2S. The highest BCUT2D eigenvalue weighted by Crippen LogP contribution is 2.42. The molecule has 134 valence electrons. The maximum absolute atomic E-state index is 14.6. The van der Waals surface area contributed by atoms with Gasteiger partial charge in [0.1, 0.15) is 0 Å². The molecule has 6 heteroatoms. The van der Waals surface area contributed by atoms with E-state index >= 15 is 0 Å². The summed E-state index contributed by atoms with van der Waals surface area (Å²) in [4.78, 5) is 0.548. The van der Waals surface area contributed by atoms with Crippen molar-refractivity contribution >= 4 is 23.2 Å². The number of hydrogen-bond donors (Lipinski definition) is 0. The Balaban J connectivity index is 1.83. The minimum atomic E-state index is -0.824. The molecule has 0 amide bonds. The summed E-state index contributed by atoms with van der Waals surface area (Å²) in [6.07, 6.45) is 5.27. The summed E-state index contributed by atoms with van der Waals surface area (Å²) in [7, 11) is -0.824. The van der Waals surface area contributed by atoms with E-state index in [1.807, 2.05) is 27.7 Å². The number of thiophene rings is 1. The van der Waals surface area contributed by atoms with Gasteiger partial charge in [-0.3, -0.25) is 0 Å². The Bertz CT molecular complexity index is 590. The van der Waals surface area contributed by atoms with Crippen molar-refractivity contribution in [2.24, 2.45) is 5.92 Å². The lowest BCUT2D eigenvalue weighted by atomic mass is 9.80. The Kier molecular flexibility index (Phi) is 4.86. The van der Waals surface area contributed by atoms with Gasteiger partial charge in [0, 0.05) is 4.88 Å². The van der Waals surface area contributed by atoms with Gasteiger partial charge in [-0.1, -0.05) is 13.3 Å². The molecule has 0 atom stereocenters. The Labute approximate surface area is 148 Å². The molecule has 1 aliphatic heterocycles. The maximum Gasteiger partial charge on any atom is 0.508 e. The van der Waals surface area contributed by atoms with Crippen molar-refractivity contribution in [1.29, 1.82) is 0 Å². The fraction of sp³-hybridized carbons (Fsp3) is 0.778. The number of hydrogen-bond acceptors (Lipinski definition) is 3. The fourth-order valence-corrected chi connectivity index (χ4v) is 4.81. The van der Waals surface area contributed by atoms with Crippen LogP contribution in [0.2, 0.25) is 0 Å². The molecule has 1 saturated carbocycles. The lowest BCUT2D eigenvalue weighted by Gasteiger charge is -2.32. The van der Waals surface area contributed by atoms with Crippen LogP contribution in [0.5, 0.6) is 0 Å². The zero-order valence-electron chi connectivity index (χ0n) is 15.2. The predicted molar refractivity (Wildman–Crippen MR) is 94.9 cm³/mol. The SMILES string of the molecule is CCC1CCC(c2sc(B3OC(C)(C)C(C)(C)O3)c(F)c2F)CC1. The zero-order chi connectivity index (χ0) is 17.7. The van der Waals surface area contributed by atoms with Gasteiger partial charge >= 0.3 is 7.12 Å². The van der Waals surface area contributed by atoms with E-state index in [4.69, 9.17) is 9.31 Å². The molecular weight excluding hydrogens is 329 g/mol. The molecule has 0 N–H and O–H groups in total. The average molecular weight is 356 g/mol. The van der Waals surface area contributed by atoms with Gasteiger partial charge in [0.25, 0.3) is 0 Å². The second-order valence-electron chi connectivity index (χ2n) is 8.17. The molecule has 0 unspecified atom stereocenters. The van der Waals surface area contributed by atoms with Crippen LogP contribution in [0.3, 0.4) is 0 Å². The first-order valence-corrected chi connectivity index (χ1v) is 9.81. The number of halogens is 2. The van der Waals surface area contributed by atoms with Crippen molar-refractivity contribution < 1.29 is 18.1 Å². The third kappa shape index (κ3) is 3.06. The van der Waals surface area contributed by atoms with Crippen molar-refractivity contribution in [2.75, 3.05) is 0 Å². The Morgan fingerprint density at radius 2 is 1.54 bits per heavy atom. The van der Waals surface area contributed by atoms with Gasteiger partial charge in [-0.05, 0) is 65.2 Å². The van der Waals surface area contributed by atoms with E-state index in [-0.39, 0.29) is 10.7 Å². The van der Waals surface area contributed by atoms with E-state index in [0.29, 0.717) is 4.88 Å². The summed E-state index contributed by atoms with van der Waals surface area (Å²) >= 11 is 1.20. The molecule has 3 rings (SSSR count). The van der Waals surface area contributed by atoms with Gasteiger partial charge in [0.15, 0.2) is 11.6 Å². The summed E-state index contributed by atoms with van der Waals surface area (Å²) in [6.45, 7) is 9.87. The third-order valence-corrected chi connectivity index (χ3v) is 7.43. The molecule has 1 saturated heterocycles. The molecule has 2 aliphatic rings. The normalized spacial score (nSPS) is 29.2. The van der Waals surface area contributed by atoms with Crippen molar-refractivity contribution in [2.45, 2.75) is 83.8 Å². The molecule has 0 bridgehead atoms. The van der Waals surface area contributed by atoms with Gasteiger partial charge in [-0.25, -0.2) is 8.78 Å². The van der Waals surface area contributed by atoms with E-state index in [0.717, 1.165) is 31.6 Å². The molecule has 0 radical (unpaired) electrons. The molecule has 1 aromatic heterocycles. The minimum absolute atomic E-state index is 0.128. The molecule has 1 aliphatic carbocycles.